The monoisotopic (exact) mass is 222 g/mol. The zero-order valence-corrected chi connectivity index (χ0v) is 9.67. The summed E-state index contributed by atoms with van der Waals surface area (Å²) in [6.07, 6.45) is 0. The van der Waals surface area contributed by atoms with Crippen molar-refractivity contribution in [2.24, 2.45) is 0 Å². The molecule has 0 bridgehead atoms. The van der Waals surface area contributed by atoms with Crippen LogP contribution in [0.4, 0.5) is 10.1 Å². The third kappa shape index (κ3) is 3.52. The van der Waals surface area contributed by atoms with Crippen LogP contribution in [0.3, 0.4) is 0 Å². The summed E-state index contributed by atoms with van der Waals surface area (Å²) in [5, 5.41) is 11.8. The van der Waals surface area contributed by atoms with Gasteiger partial charge in [-0.25, -0.2) is 4.39 Å². The van der Waals surface area contributed by atoms with Crippen molar-refractivity contribution < 1.29 is 9.13 Å². The molecule has 0 heterocycles. The summed E-state index contributed by atoms with van der Waals surface area (Å²) in [5.74, 6) is -0.422. The lowest BCUT2D eigenvalue weighted by molar-refractivity contribution is 0.158. The van der Waals surface area contributed by atoms with Gasteiger partial charge in [0.15, 0.2) is 0 Å². The number of ether oxygens (including phenoxy) is 1. The van der Waals surface area contributed by atoms with E-state index in [4.69, 9.17) is 10.00 Å². The van der Waals surface area contributed by atoms with Gasteiger partial charge < -0.3 is 10.1 Å². The van der Waals surface area contributed by atoms with E-state index in [1.807, 2.05) is 19.9 Å². The van der Waals surface area contributed by atoms with Crippen LogP contribution in [0.2, 0.25) is 0 Å². The quantitative estimate of drug-likeness (QED) is 0.851. The Morgan fingerprint density at radius 2 is 2.12 bits per heavy atom. The van der Waals surface area contributed by atoms with Gasteiger partial charge in [-0.3, -0.25) is 0 Å². The molecule has 0 aliphatic heterocycles. The van der Waals surface area contributed by atoms with Gasteiger partial charge in [0.2, 0.25) is 0 Å². The Labute approximate surface area is 94.8 Å². The third-order valence-electron chi connectivity index (χ3n) is 2.01. The van der Waals surface area contributed by atoms with Crippen molar-refractivity contribution in [2.45, 2.75) is 19.4 Å². The van der Waals surface area contributed by atoms with Crippen molar-refractivity contribution in [1.29, 1.82) is 5.26 Å². The molecular weight excluding hydrogens is 207 g/mol. The molecule has 0 aliphatic rings. The van der Waals surface area contributed by atoms with Gasteiger partial charge in [-0.2, -0.15) is 5.26 Å². The minimum atomic E-state index is -0.422. The standard InChI is InChI=1S/C12H15FN2O/c1-12(2,8-16-3)15-11-5-9(7-14)4-10(13)6-11/h4-6,15H,8H2,1-3H3. The molecule has 0 fully saturated rings. The van der Waals surface area contributed by atoms with Crippen LogP contribution in [0.1, 0.15) is 19.4 Å². The highest BCUT2D eigenvalue weighted by Crippen LogP contribution is 2.18. The van der Waals surface area contributed by atoms with Gasteiger partial charge in [0.25, 0.3) is 0 Å². The smallest absolute Gasteiger partial charge is 0.126 e. The Morgan fingerprint density at radius 3 is 2.69 bits per heavy atom. The predicted octanol–water partition coefficient (Wildman–Crippen LogP) is 2.53. The number of methoxy groups -OCH3 is 1. The molecule has 1 aromatic rings. The van der Waals surface area contributed by atoms with E-state index in [1.165, 1.54) is 12.1 Å². The second-order valence-electron chi connectivity index (χ2n) is 4.28. The highest BCUT2D eigenvalue weighted by atomic mass is 19.1. The molecule has 0 aliphatic carbocycles. The number of nitrogens with one attached hydrogen (secondary N) is 1. The lowest BCUT2D eigenvalue weighted by atomic mass is 10.1. The van der Waals surface area contributed by atoms with Crippen LogP contribution in [-0.4, -0.2) is 19.3 Å². The van der Waals surface area contributed by atoms with Crippen molar-refractivity contribution in [1.82, 2.24) is 0 Å². The Balaban J connectivity index is 2.89. The van der Waals surface area contributed by atoms with E-state index < -0.39 is 5.82 Å². The SMILES string of the molecule is COCC(C)(C)Nc1cc(F)cc(C#N)c1. The number of anilines is 1. The molecule has 0 atom stereocenters. The Morgan fingerprint density at radius 1 is 1.44 bits per heavy atom. The minimum absolute atomic E-state index is 0.302. The summed E-state index contributed by atoms with van der Waals surface area (Å²) in [6, 6.07) is 6.09. The van der Waals surface area contributed by atoms with Crippen molar-refractivity contribution in [2.75, 3.05) is 19.0 Å². The lowest BCUT2D eigenvalue weighted by Crippen LogP contribution is -2.35. The topological polar surface area (TPSA) is 45.0 Å². The lowest BCUT2D eigenvalue weighted by Gasteiger charge is -2.26. The van der Waals surface area contributed by atoms with E-state index in [9.17, 15) is 4.39 Å². The molecule has 86 valence electrons. The van der Waals surface area contributed by atoms with E-state index in [0.29, 0.717) is 17.9 Å². The fraction of sp³-hybridized carbons (Fsp3) is 0.417. The Kier molecular flexibility index (Phi) is 3.86. The first-order chi connectivity index (χ1) is 7.46. The van der Waals surface area contributed by atoms with Crippen molar-refractivity contribution >= 4 is 5.69 Å². The zero-order valence-electron chi connectivity index (χ0n) is 9.67. The number of nitriles is 1. The Bertz CT molecular complexity index is 410. The van der Waals surface area contributed by atoms with Crippen LogP contribution in [0.5, 0.6) is 0 Å². The number of rotatable bonds is 4. The molecule has 0 saturated heterocycles. The molecule has 0 unspecified atom stereocenters. The average molecular weight is 222 g/mol. The molecular formula is C12H15FN2O. The van der Waals surface area contributed by atoms with E-state index in [2.05, 4.69) is 5.32 Å². The predicted molar refractivity (Wildman–Crippen MR) is 60.7 cm³/mol. The zero-order chi connectivity index (χ0) is 12.2. The number of hydrogen-bond donors (Lipinski definition) is 1. The first kappa shape index (κ1) is 12.5. The maximum Gasteiger partial charge on any atom is 0.126 e. The van der Waals surface area contributed by atoms with Crippen LogP contribution in [-0.2, 0) is 4.74 Å². The number of hydrogen-bond acceptors (Lipinski definition) is 3. The highest BCUT2D eigenvalue weighted by Gasteiger charge is 2.17. The van der Waals surface area contributed by atoms with Crippen LogP contribution in [0, 0.1) is 17.1 Å². The first-order valence-corrected chi connectivity index (χ1v) is 4.95. The molecule has 1 N–H and O–H groups in total. The second-order valence-corrected chi connectivity index (χ2v) is 4.28. The van der Waals surface area contributed by atoms with Crippen molar-refractivity contribution in [3.8, 4) is 6.07 Å². The van der Waals surface area contributed by atoms with E-state index in [0.717, 1.165) is 0 Å². The van der Waals surface area contributed by atoms with Crippen molar-refractivity contribution in [3.05, 3.63) is 29.6 Å². The molecule has 16 heavy (non-hydrogen) atoms. The number of nitrogens with zero attached hydrogens (tertiary/aromatic N) is 1. The fourth-order valence-electron chi connectivity index (χ4n) is 1.51. The number of halogens is 1. The average Bonchev–Trinajstić information content (AvgIpc) is 2.15. The molecule has 0 spiro atoms. The maximum absolute atomic E-state index is 13.2. The van der Waals surface area contributed by atoms with Crippen LogP contribution >= 0.6 is 0 Å². The van der Waals surface area contributed by atoms with Gasteiger partial charge >= 0.3 is 0 Å². The maximum atomic E-state index is 13.2. The molecule has 4 heteroatoms. The van der Waals surface area contributed by atoms with Gasteiger partial charge in [0, 0.05) is 12.8 Å². The summed E-state index contributed by atoms with van der Waals surface area (Å²) in [4.78, 5) is 0. The van der Waals surface area contributed by atoms with E-state index in [-0.39, 0.29) is 5.54 Å². The van der Waals surface area contributed by atoms with Crippen LogP contribution in [0.15, 0.2) is 18.2 Å². The normalized spacial score (nSPS) is 10.9. The molecule has 1 rings (SSSR count). The molecule has 3 nitrogen and oxygen atoms in total. The van der Waals surface area contributed by atoms with Gasteiger partial charge in [-0.05, 0) is 32.0 Å². The van der Waals surface area contributed by atoms with Crippen LogP contribution < -0.4 is 5.32 Å². The second kappa shape index (κ2) is 4.95. The Hall–Kier alpha value is -1.60. The number of benzene rings is 1. The molecule has 1 aromatic carbocycles. The highest BCUT2D eigenvalue weighted by molar-refractivity contribution is 5.51. The summed E-state index contributed by atoms with van der Waals surface area (Å²) < 4.78 is 18.2. The van der Waals surface area contributed by atoms with Gasteiger partial charge in [0.05, 0.1) is 23.8 Å². The van der Waals surface area contributed by atoms with E-state index in [1.54, 1.807) is 13.2 Å². The largest absolute Gasteiger partial charge is 0.382 e. The van der Waals surface area contributed by atoms with Gasteiger partial charge in [-0.1, -0.05) is 0 Å². The first-order valence-electron chi connectivity index (χ1n) is 4.95. The van der Waals surface area contributed by atoms with Gasteiger partial charge in [0.1, 0.15) is 5.82 Å². The van der Waals surface area contributed by atoms with E-state index >= 15 is 0 Å². The summed E-state index contributed by atoms with van der Waals surface area (Å²) in [5.41, 5.74) is 0.573. The molecule has 0 saturated carbocycles. The minimum Gasteiger partial charge on any atom is -0.382 e. The molecule has 0 radical (unpaired) electrons. The summed E-state index contributed by atoms with van der Waals surface area (Å²) >= 11 is 0. The van der Waals surface area contributed by atoms with Gasteiger partial charge in [-0.15, -0.1) is 0 Å². The molecule has 0 amide bonds. The summed E-state index contributed by atoms with van der Waals surface area (Å²) in [6.45, 7) is 4.37. The van der Waals surface area contributed by atoms with Crippen molar-refractivity contribution in [3.63, 3.8) is 0 Å². The summed E-state index contributed by atoms with van der Waals surface area (Å²) in [7, 11) is 1.61. The van der Waals surface area contributed by atoms with Crippen LogP contribution in [0.25, 0.3) is 0 Å². The molecule has 0 aromatic heterocycles. The fourth-order valence-corrected chi connectivity index (χ4v) is 1.51. The third-order valence-corrected chi connectivity index (χ3v) is 2.01.